The van der Waals surface area contributed by atoms with Crippen LogP contribution in [0.1, 0.15) is 27.3 Å². The Balaban J connectivity index is 1.49. The van der Waals surface area contributed by atoms with E-state index in [0.29, 0.717) is 23.5 Å². The van der Waals surface area contributed by atoms with Crippen molar-refractivity contribution in [3.63, 3.8) is 0 Å². The molecule has 7 heteroatoms. The van der Waals surface area contributed by atoms with Crippen LogP contribution in [0.5, 0.6) is 11.5 Å². The van der Waals surface area contributed by atoms with Crippen molar-refractivity contribution < 1.29 is 13.9 Å². The molecule has 0 atom stereocenters. The fraction of sp³-hybridized carbons (Fsp3) is 0.143. The molecule has 28 heavy (non-hydrogen) atoms. The van der Waals surface area contributed by atoms with Gasteiger partial charge in [0.1, 0.15) is 17.5 Å². The summed E-state index contributed by atoms with van der Waals surface area (Å²) in [5, 5.41) is 15.0. The molecule has 0 bridgehead atoms. The van der Waals surface area contributed by atoms with E-state index in [0.717, 1.165) is 24.2 Å². The molecule has 0 saturated heterocycles. The molecule has 1 aromatic heterocycles. The van der Waals surface area contributed by atoms with Crippen molar-refractivity contribution in [3.05, 3.63) is 76.9 Å². The highest BCUT2D eigenvalue weighted by Crippen LogP contribution is 2.29. The normalized spacial score (nSPS) is 12.7. The van der Waals surface area contributed by atoms with Crippen molar-refractivity contribution in [1.82, 2.24) is 10.3 Å². The summed E-state index contributed by atoms with van der Waals surface area (Å²) in [5.74, 6) is -0.730. The van der Waals surface area contributed by atoms with Crippen LogP contribution in [-0.2, 0) is 13.0 Å². The summed E-state index contributed by atoms with van der Waals surface area (Å²) in [6.07, 6.45) is 0.865. The number of nitrogens with one attached hydrogen (secondary N) is 3. The number of hydrogen-bond donors (Lipinski definition) is 3. The number of rotatable bonds is 4. The lowest BCUT2D eigenvalue weighted by Crippen LogP contribution is -2.22. The third-order valence-electron chi connectivity index (χ3n) is 4.53. The van der Waals surface area contributed by atoms with Gasteiger partial charge in [-0.3, -0.25) is 4.79 Å². The number of halogens is 1. The Labute approximate surface area is 161 Å². The number of aromatic amines is 1. The molecule has 3 N–H and O–H groups in total. The van der Waals surface area contributed by atoms with Crippen molar-refractivity contribution in [2.75, 3.05) is 11.9 Å². The number of H-pyrrole nitrogens is 1. The van der Waals surface area contributed by atoms with Gasteiger partial charge in [-0.15, -0.1) is 0 Å². The molecule has 1 aliphatic rings. The average molecular weight is 376 g/mol. The van der Waals surface area contributed by atoms with E-state index in [1.165, 1.54) is 12.1 Å². The molecule has 4 rings (SSSR count). The Morgan fingerprint density at radius 3 is 2.82 bits per heavy atom. The van der Waals surface area contributed by atoms with Gasteiger partial charge in [0, 0.05) is 24.0 Å². The molecule has 1 aliphatic heterocycles. The van der Waals surface area contributed by atoms with Crippen molar-refractivity contribution in [1.29, 1.82) is 5.26 Å². The Kier molecular flexibility index (Phi) is 4.79. The van der Waals surface area contributed by atoms with Gasteiger partial charge in [-0.1, -0.05) is 12.1 Å². The number of benzene rings is 2. The van der Waals surface area contributed by atoms with Crippen LogP contribution >= 0.6 is 0 Å². The van der Waals surface area contributed by atoms with Gasteiger partial charge in [0.25, 0.3) is 5.91 Å². The number of carbonyl (C=O) groups is 1. The average Bonchev–Trinajstić information content (AvgIpc) is 3.15. The molecule has 0 unspecified atom stereocenters. The number of carbonyl (C=O) groups excluding carboxylic acids is 1. The third-order valence-corrected chi connectivity index (χ3v) is 4.53. The van der Waals surface area contributed by atoms with E-state index >= 15 is 0 Å². The van der Waals surface area contributed by atoms with Crippen molar-refractivity contribution in [2.45, 2.75) is 13.0 Å². The van der Waals surface area contributed by atoms with Crippen molar-refractivity contribution in [3.8, 4) is 17.6 Å². The van der Waals surface area contributed by atoms with Crippen LogP contribution in [0.3, 0.4) is 0 Å². The summed E-state index contributed by atoms with van der Waals surface area (Å²) >= 11 is 0. The van der Waals surface area contributed by atoms with Crippen LogP contribution in [0, 0.1) is 17.1 Å². The number of amides is 1. The summed E-state index contributed by atoms with van der Waals surface area (Å²) in [6.45, 7) is 1.58. The number of ether oxygens (including phenoxy) is 1. The van der Waals surface area contributed by atoms with Gasteiger partial charge in [0.2, 0.25) is 0 Å². The first kappa shape index (κ1) is 17.8. The maximum atomic E-state index is 14.4. The van der Waals surface area contributed by atoms with E-state index in [1.807, 2.05) is 12.1 Å². The second-order valence-electron chi connectivity index (χ2n) is 6.42. The van der Waals surface area contributed by atoms with E-state index in [-0.39, 0.29) is 17.4 Å². The molecule has 1 amide bonds. The topological polar surface area (TPSA) is 89.9 Å². The predicted molar refractivity (Wildman–Crippen MR) is 102 cm³/mol. The number of anilines is 1. The molecule has 0 saturated carbocycles. The zero-order chi connectivity index (χ0) is 19.5. The zero-order valence-corrected chi connectivity index (χ0v) is 14.9. The van der Waals surface area contributed by atoms with Crippen LogP contribution in [0.25, 0.3) is 0 Å². The van der Waals surface area contributed by atoms with E-state index in [2.05, 4.69) is 15.6 Å². The molecule has 0 radical (unpaired) electrons. The van der Waals surface area contributed by atoms with Gasteiger partial charge in [-0.25, -0.2) is 4.39 Å². The Bertz CT molecular complexity index is 1060. The Morgan fingerprint density at radius 1 is 1.18 bits per heavy atom. The van der Waals surface area contributed by atoms with Crippen LogP contribution in [-0.4, -0.2) is 17.4 Å². The quantitative estimate of drug-likeness (QED) is 0.647. The van der Waals surface area contributed by atoms with Gasteiger partial charge in [-0.2, -0.15) is 5.26 Å². The van der Waals surface area contributed by atoms with Crippen LogP contribution in [0.4, 0.5) is 10.1 Å². The summed E-state index contributed by atoms with van der Waals surface area (Å²) in [5.41, 5.74) is 3.19. The first-order valence-electron chi connectivity index (χ1n) is 8.83. The lowest BCUT2D eigenvalue weighted by Gasteiger charge is -2.11. The Morgan fingerprint density at radius 2 is 2.04 bits per heavy atom. The number of para-hydroxylation sites is 1. The lowest BCUT2D eigenvalue weighted by molar-refractivity contribution is 0.102. The molecule has 140 valence electrons. The highest BCUT2D eigenvalue weighted by Gasteiger charge is 2.17. The number of nitrogens with zero attached hydrogens (tertiary/aromatic N) is 1. The molecular weight excluding hydrogens is 359 g/mol. The molecule has 3 aromatic rings. The molecule has 6 nitrogen and oxygen atoms in total. The largest absolute Gasteiger partial charge is 0.453 e. The fourth-order valence-corrected chi connectivity index (χ4v) is 3.11. The standard InChI is InChI=1S/C21H17FN4O2/c22-16-10-15(5-6-20(16)28-19-4-2-1-3-14(19)11-23)25-21(27)17-9-13-7-8-24-12-18(13)26-17/h1-6,9-10,24,26H,7-8,12H2,(H,25,27). The minimum atomic E-state index is -0.638. The number of nitriles is 1. The molecular formula is C21H17FN4O2. The first-order chi connectivity index (χ1) is 13.6. The minimum absolute atomic E-state index is 0.0258. The van der Waals surface area contributed by atoms with E-state index in [4.69, 9.17) is 10.00 Å². The van der Waals surface area contributed by atoms with Gasteiger partial charge >= 0.3 is 0 Å². The van der Waals surface area contributed by atoms with Gasteiger partial charge in [0.05, 0.1) is 5.56 Å². The van der Waals surface area contributed by atoms with Gasteiger partial charge in [0.15, 0.2) is 11.6 Å². The van der Waals surface area contributed by atoms with E-state index in [1.54, 1.807) is 30.3 Å². The summed E-state index contributed by atoms with van der Waals surface area (Å²) < 4.78 is 19.9. The maximum absolute atomic E-state index is 14.4. The molecule has 0 spiro atoms. The van der Waals surface area contributed by atoms with Crippen LogP contribution in [0.2, 0.25) is 0 Å². The highest BCUT2D eigenvalue weighted by atomic mass is 19.1. The third kappa shape index (κ3) is 3.59. The molecule has 0 aliphatic carbocycles. The summed E-state index contributed by atoms with van der Waals surface area (Å²) in [6, 6.07) is 14.6. The molecule has 0 fully saturated rings. The van der Waals surface area contributed by atoms with Gasteiger partial charge < -0.3 is 20.4 Å². The smallest absolute Gasteiger partial charge is 0.272 e. The number of hydrogen-bond acceptors (Lipinski definition) is 4. The second-order valence-corrected chi connectivity index (χ2v) is 6.42. The number of aromatic nitrogens is 1. The maximum Gasteiger partial charge on any atom is 0.272 e. The first-order valence-corrected chi connectivity index (χ1v) is 8.83. The van der Waals surface area contributed by atoms with Crippen LogP contribution < -0.4 is 15.4 Å². The molecule has 2 aromatic carbocycles. The monoisotopic (exact) mass is 376 g/mol. The highest BCUT2D eigenvalue weighted by molar-refractivity contribution is 6.03. The summed E-state index contributed by atoms with van der Waals surface area (Å²) in [4.78, 5) is 15.6. The SMILES string of the molecule is N#Cc1ccccc1Oc1ccc(NC(=O)c2cc3c([nH]2)CNCC3)cc1F. The van der Waals surface area contributed by atoms with E-state index in [9.17, 15) is 9.18 Å². The van der Waals surface area contributed by atoms with Crippen LogP contribution in [0.15, 0.2) is 48.5 Å². The predicted octanol–water partition coefficient (Wildman–Crippen LogP) is 3.72. The molecule has 2 heterocycles. The second kappa shape index (κ2) is 7.55. The minimum Gasteiger partial charge on any atom is -0.453 e. The Hall–Kier alpha value is -3.63. The van der Waals surface area contributed by atoms with Crippen molar-refractivity contribution >= 4 is 11.6 Å². The zero-order valence-electron chi connectivity index (χ0n) is 14.9. The van der Waals surface area contributed by atoms with Gasteiger partial charge in [-0.05, 0) is 48.9 Å². The summed E-state index contributed by atoms with van der Waals surface area (Å²) in [7, 11) is 0. The number of fused-ring (bicyclic) bond motifs is 1. The lowest BCUT2D eigenvalue weighted by atomic mass is 10.1. The fourth-order valence-electron chi connectivity index (χ4n) is 3.11. The van der Waals surface area contributed by atoms with Crippen molar-refractivity contribution in [2.24, 2.45) is 0 Å². The van der Waals surface area contributed by atoms with E-state index < -0.39 is 5.82 Å².